The van der Waals surface area contributed by atoms with Gasteiger partial charge in [-0.25, -0.2) is 0 Å². The van der Waals surface area contributed by atoms with Crippen molar-refractivity contribution in [3.05, 3.63) is 46.2 Å². The Kier molecular flexibility index (Phi) is 7.72. The average Bonchev–Trinajstić information content (AvgIpc) is 2.88. The molecule has 26 heavy (non-hydrogen) atoms. The number of nitrogens with zero attached hydrogens (tertiary/aromatic N) is 2. The second-order valence-electron chi connectivity index (χ2n) is 5.64. The lowest BCUT2D eigenvalue weighted by atomic mass is 10.2. The molecule has 6 nitrogen and oxygen atoms in total. The zero-order chi connectivity index (χ0) is 17.8. The van der Waals surface area contributed by atoms with E-state index < -0.39 is 0 Å². The molecular formula is C17H21Cl2IN4O2. The fourth-order valence-corrected chi connectivity index (χ4v) is 2.94. The van der Waals surface area contributed by atoms with Crippen LogP contribution in [0.25, 0.3) is 0 Å². The molecule has 0 amide bonds. The molecule has 1 aromatic carbocycles. The molecule has 2 heterocycles. The van der Waals surface area contributed by atoms with E-state index in [4.69, 9.17) is 32.7 Å². The first-order valence-electron chi connectivity index (χ1n) is 7.91. The van der Waals surface area contributed by atoms with Crippen LogP contribution < -0.4 is 20.1 Å². The smallest absolute Gasteiger partial charge is 0.191 e. The summed E-state index contributed by atoms with van der Waals surface area (Å²) < 4.78 is 13.5. The molecule has 1 aliphatic heterocycles. The van der Waals surface area contributed by atoms with E-state index in [9.17, 15) is 0 Å². The molecule has 0 saturated heterocycles. The summed E-state index contributed by atoms with van der Waals surface area (Å²) in [7, 11) is 3.58. The third-order valence-electron chi connectivity index (χ3n) is 3.94. The van der Waals surface area contributed by atoms with Crippen molar-refractivity contribution in [2.75, 3.05) is 20.2 Å². The second kappa shape index (κ2) is 9.57. The number of hydrogen-bond donors (Lipinski definition) is 2. The van der Waals surface area contributed by atoms with E-state index in [1.807, 2.05) is 41.9 Å². The van der Waals surface area contributed by atoms with E-state index in [-0.39, 0.29) is 30.1 Å². The Morgan fingerprint density at radius 2 is 2.00 bits per heavy atom. The quantitative estimate of drug-likeness (QED) is 0.376. The summed E-state index contributed by atoms with van der Waals surface area (Å²) in [6.07, 6.45) is -0.0904. The lowest BCUT2D eigenvalue weighted by Crippen LogP contribution is -2.45. The summed E-state index contributed by atoms with van der Waals surface area (Å²) in [5.74, 6) is 2.20. The van der Waals surface area contributed by atoms with Gasteiger partial charge in [-0.2, -0.15) is 0 Å². The van der Waals surface area contributed by atoms with Crippen LogP contribution >= 0.6 is 47.2 Å². The molecule has 0 saturated carbocycles. The molecule has 1 aromatic heterocycles. The van der Waals surface area contributed by atoms with Gasteiger partial charge in [-0.1, -0.05) is 35.3 Å². The van der Waals surface area contributed by atoms with E-state index in [0.717, 1.165) is 17.2 Å². The molecule has 1 atom stereocenters. The zero-order valence-electron chi connectivity index (χ0n) is 14.5. The summed E-state index contributed by atoms with van der Waals surface area (Å²) in [5, 5.41) is 7.53. The number of aliphatic imine (C=N–C) groups is 1. The molecule has 0 aliphatic carbocycles. The molecule has 3 rings (SSSR count). The van der Waals surface area contributed by atoms with Crippen LogP contribution in [0.5, 0.6) is 11.5 Å². The Hall–Kier alpha value is -1.32. The van der Waals surface area contributed by atoms with Gasteiger partial charge < -0.3 is 24.7 Å². The highest BCUT2D eigenvalue weighted by Gasteiger charge is 2.20. The first kappa shape index (κ1) is 21.0. The Balaban J connectivity index is 0.00000243. The van der Waals surface area contributed by atoms with Gasteiger partial charge in [0.2, 0.25) is 0 Å². The minimum Gasteiger partial charge on any atom is -0.486 e. The molecule has 9 heteroatoms. The van der Waals surface area contributed by atoms with E-state index in [2.05, 4.69) is 15.6 Å². The van der Waals surface area contributed by atoms with Gasteiger partial charge in [0.1, 0.15) is 17.9 Å². The number of aromatic nitrogens is 1. The minimum absolute atomic E-state index is 0. The van der Waals surface area contributed by atoms with Crippen LogP contribution in [0.15, 0.2) is 35.3 Å². The lowest BCUT2D eigenvalue weighted by Gasteiger charge is -2.27. The summed E-state index contributed by atoms with van der Waals surface area (Å²) >= 11 is 12.1. The monoisotopic (exact) mass is 510 g/mol. The first-order valence-corrected chi connectivity index (χ1v) is 8.66. The molecule has 2 aromatic rings. The summed E-state index contributed by atoms with van der Waals surface area (Å²) in [4.78, 5) is 4.21. The van der Waals surface area contributed by atoms with Crippen LogP contribution in [-0.4, -0.2) is 36.8 Å². The molecule has 0 spiro atoms. The van der Waals surface area contributed by atoms with Crippen molar-refractivity contribution < 1.29 is 9.47 Å². The van der Waals surface area contributed by atoms with Crippen LogP contribution in [0.2, 0.25) is 10.2 Å². The number of halogens is 3. The van der Waals surface area contributed by atoms with Gasteiger partial charge in [0, 0.05) is 19.8 Å². The highest BCUT2D eigenvalue weighted by molar-refractivity contribution is 14.0. The minimum atomic E-state index is -0.0904. The normalized spacial score (nSPS) is 16.0. The number of para-hydroxylation sites is 2. The molecule has 0 fully saturated rings. The Bertz CT molecular complexity index is 782. The van der Waals surface area contributed by atoms with E-state index in [1.54, 1.807) is 7.05 Å². The van der Waals surface area contributed by atoms with Gasteiger partial charge in [-0.05, 0) is 18.2 Å². The van der Waals surface area contributed by atoms with Crippen LogP contribution in [0.3, 0.4) is 0 Å². The number of ether oxygens (including phenoxy) is 2. The SMILES string of the molecule is CN=C(NCc1cc(Cl)c(Cl)n1C)NCC1COc2ccccc2O1.I. The molecular weight excluding hydrogens is 490 g/mol. The maximum atomic E-state index is 6.08. The van der Waals surface area contributed by atoms with Crippen molar-refractivity contribution in [2.24, 2.45) is 12.0 Å². The highest BCUT2D eigenvalue weighted by atomic mass is 127. The fraction of sp³-hybridized carbons (Fsp3) is 0.353. The third-order valence-corrected chi connectivity index (χ3v) is 4.78. The molecule has 142 valence electrons. The third kappa shape index (κ3) is 4.89. The van der Waals surface area contributed by atoms with Gasteiger partial charge in [0.15, 0.2) is 17.5 Å². The van der Waals surface area contributed by atoms with Crippen molar-refractivity contribution in [2.45, 2.75) is 12.6 Å². The molecule has 1 aliphatic rings. The van der Waals surface area contributed by atoms with E-state index in [0.29, 0.717) is 35.8 Å². The topological polar surface area (TPSA) is 59.8 Å². The first-order chi connectivity index (χ1) is 12.1. The maximum absolute atomic E-state index is 6.08. The van der Waals surface area contributed by atoms with Gasteiger partial charge >= 0.3 is 0 Å². The number of benzene rings is 1. The standard InChI is InChI=1S/C17H20Cl2N4O2.HI/c1-20-17(21-8-11-7-13(18)16(19)23(11)2)22-9-12-10-24-14-5-3-4-6-15(14)25-12;/h3-7,12H,8-10H2,1-2H3,(H2,20,21,22);1H. The average molecular weight is 511 g/mol. The Morgan fingerprint density at radius 3 is 2.65 bits per heavy atom. The van der Waals surface area contributed by atoms with Crippen molar-refractivity contribution in [3.8, 4) is 11.5 Å². The summed E-state index contributed by atoms with van der Waals surface area (Å²) in [6.45, 7) is 1.61. The number of guanidine groups is 1. The van der Waals surface area contributed by atoms with E-state index >= 15 is 0 Å². The van der Waals surface area contributed by atoms with Crippen LogP contribution in [0.4, 0.5) is 0 Å². The van der Waals surface area contributed by atoms with Crippen molar-refractivity contribution in [1.29, 1.82) is 0 Å². The largest absolute Gasteiger partial charge is 0.486 e. The van der Waals surface area contributed by atoms with Gasteiger partial charge in [0.25, 0.3) is 0 Å². The number of fused-ring (bicyclic) bond motifs is 1. The zero-order valence-corrected chi connectivity index (χ0v) is 18.3. The van der Waals surface area contributed by atoms with Crippen molar-refractivity contribution in [1.82, 2.24) is 15.2 Å². The number of rotatable bonds is 4. The Morgan fingerprint density at radius 1 is 1.27 bits per heavy atom. The van der Waals surface area contributed by atoms with Crippen LogP contribution in [0, 0.1) is 0 Å². The van der Waals surface area contributed by atoms with Crippen molar-refractivity contribution in [3.63, 3.8) is 0 Å². The second-order valence-corrected chi connectivity index (χ2v) is 6.40. The molecule has 0 radical (unpaired) electrons. The van der Waals surface area contributed by atoms with E-state index in [1.165, 1.54) is 0 Å². The molecule has 0 bridgehead atoms. The maximum Gasteiger partial charge on any atom is 0.191 e. The molecule has 1 unspecified atom stereocenters. The number of hydrogen-bond acceptors (Lipinski definition) is 3. The van der Waals surface area contributed by atoms with Crippen molar-refractivity contribution >= 4 is 53.1 Å². The molecule has 2 N–H and O–H groups in total. The fourth-order valence-electron chi connectivity index (χ4n) is 2.53. The summed E-state index contributed by atoms with van der Waals surface area (Å²) in [5.41, 5.74) is 0.962. The van der Waals surface area contributed by atoms with Crippen LogP contribution in [0.1, 0.15) is 5.69 Å². The summed E-state index contributed by atoms with van der Waals surface area (Å²) in [6, 6.07) is 9.48. The predicted molar refractivity (Wildman–Crippen MR) is 115 cm³/mol. The Labute approximate surface area is 179 Å². The lowest BCUT2D eigenvalue weighted by molar-refractivity contribution is 0.0936. The predicted octanol–water partition coefficient (Wildman–Crippen LogP) is 3.45. The van der Waals surface area contributed by atoms with Gasteiger partial charge in [0.05, 0.1) is 18.1 Å². The highest BCUT2D eigenvalue weighted by Crippen LogP contribution is 2.30. The van der Waals surface area contributed by atoms with Gasteiger partial charge in [-0.15, -0.1) is 24.0 Å². The number of nitrogens with one attached hydrogen (secondary N) is 2. The van der Waals surface area contributed by atoms with Crippen LogP contribution in [-0.2, 0) is 13.6 Å². The van der Waals surface area contributed by atoms with Gasteiger partial charge in [-0.3, -0.25) is 4.99 Å².